The Labute approximate surface area is 139 Å². The first-order valence-electron chi connectivity index (χ1n) is 8.46. The van der Waals surface area contributed by atoms with E-state index in [0.717, 1.165) is 37.1 Å². The van der Waals surface area contributed by atoms with Gasteiger partial charge in [-0.2, -0.15) is 0 Å². The van der Waals surface area contributed by atoms with E-state index in [1.54, 1.807) is 0 Å². The molecule has 2 rings (SSSR count). The Morgan fingerprint density at radius 1 is 1.22 bits per heavy atom. The number of carbonyl (C=O) groups is 1. The fourth-order valence-corrected chi connectivity index (χ4v) is 3.00. The summed E-state index contributed by atoms with van der Waals surface area (Å²) >= 11 is 0. The fraction of sp³-hybridized carbons (Fsp3) is 0.500. The third kappa shape index (κ3) is 4.78. The van der Waals surface area contributed by atoms with Crippen LogP contribution in [0.25, 0.3) is 0 Å². The van der Waals surface area contributed by atoms with Gasteiger partial charge in [-0.3, -0.25) is 9.79 Å². The molecule has 1 N–H and O–H groups in total. The van der Waals surface area contributed by atoms with Crippen molar-refractivity contribution in [2.75, 3.05) is 6.54 Å². The highest BCUT2D eigenvalue weighted by Crippen LogP contribution is 2.35. The molecular weight excluding hydrogens is 286 g/mol. The van der Waals surface area contributed by atoms with E-state index in [1.165, 1.54) is 0 Å². The van der Waals surface area contributed by atoms with Gasteiger partial charge in [0, 0.05) is 25.1 Å². The van der Waals surface area contributed by atoms with E-state index in [2.05, 4.69) is 25.8 Å². The van der Waals surface area contributed by atoms with Crippen molar-refractivity contribution in [3.8, 4) is 0 Å². The molecule has 1 saturated carbocycles. The number of Topliss-reactive ketones (excluding diaryl/α,β-unsaturated/α-hetero) is 1. The van der Waals surface area contributed by atoms with Crippen LogP contribution in [-0.2, 0) is 11.2 Å². The highest BCUT2D eigenvalue weighted by molar-refractivity contribution is 6.24. The smallest absolute Gasteiger partial charge is 0.168 e. The number of aliphatic imine (C=N–C) groups is 1. The third-order valence-electron chi connectivity index (χ3n) is 4.17. The monoisotopic (exact) mass is 313 g/mol. The van der Waals surface area contributed by atoms with Crippen LogP contribution in [0.1, 0.15) is 52.0 Å². The lowest BCUT2D eigenvalue weighted by Crippen LogP contribution is -2.33. The predicted octanol–water partition coefficient (Wildman–Crippen LogP) is 4.67. The third-order valence-corrected chi connectivity index (χ3v) is 4.17. The molecule has 3 heteroatoms. The minimum Gasteiger partial charge on any atom is -0.511 e. The van der Waals surface area contributed by atoms with Gasteiger partial charge in [0.15, 0.2) is 5.78 Å². The maximum atomic E-state index is 12.6. The van der Waals surface area contributed by atoms with Crippen LogP contribution in [0, 0.1) is 5.41 Å². The van der Waals surface area contributed by atoms with Crippen molar-refractivity contribution in [2.24, 2.45) is 10.4 Å². The van der Waals surface area contributed by atoms with Gasteiger partial charge in [0.1, 0.15) is 5.76 Å². The Bertz CT molecular complexity index is 612. The van der Waals surface area contributed by atoms with Gasteiger partial charge in [-0.15, -0.1) is 0 Å². The van der Waals surface area contributed by atoms with Gasteiger partial charge in [-0.05, 0) is 23.8 Å². The summed E-state index contributed by atoms with van der Waals surface area (Å²) in [4.78, 5) is 17.2. The van der Waals surface area contributed by atoms with Crippen molar-refractivity contribution in [3.63, 3.8) is 0 Å². The molecule has 0 amide bonds. The number of aliphatic hydroxyl groups is 1. The van der Waals surface area contributed by atoms with E-state index in [-0.39, 0.29) is 17.0 Å². The van der Waals surface area contributed by atoms with Crippen LogP contribution in [0.15, 0.2) is 46.7 Å². The van der Waals surface area contributed by atoms with Gasteiger partial charge in [0.05, 0.1) is 5.57 Å². The minimum atomic E-state index is -0.0847. The van der Waals surface area contributed by atoms with E-state index in [0.29, 0.717) is 18.4 Å². The van der Waals surface area contributed by atoms with Gasteiger partial charge in [-0.25, -0.2) is 0 Å². The minimum absolute atomic E-state index is 0.0185. The predicted molar refractivity (Wildman–Crippen MR) is 95.0 cm³/mol. The number of aliphatic hydroxyl groups excluding tert-OH is 1. The average Bonchev–Trinajstić information content (AvgIpc) is 2.46. The molecule has 0 saturated heterocycles. The van der Waals surface area contributed by atoms with Gasteiger partial charge in [-0.1, -0.05) is 57.5 Å². The lowest BCUT2D eigenvalue weighted by molar-refractivity contribution is -0.117. The van der Waals surface area contributed by atoms with Gasteiger partial charge >= 0.3 is 0 Å². The average molecular weight is 313 g/mol. The van der Waals surface area contributed by atoms with Crippen LogP contribution < -0.4 is 0 Å². The highest BCUT2D eigenvalue weighted by atomic mass is 16.3. The van der Waals surface area contributed by atoms with Gasteiger partial charge in [0.25, 0.3) is 0 Å². The molecule has 23 heavy (non-hydrogen) atoms. The summed E-state index contributed by atoms with van der Waals surface area (Å²) in [6, 6.07) is 9.74. The summed E-state index contributed by atoms with van der Waals surface area (Å²) in [7, 11) is 0. The Morgan fingerprint density at radius 2 is 1.91 bits per heavy atom. The molecule has 1 aliphatic rings. The Hall–Kier alpha value is -1.90. The number of rotatable bonds is 5. The van der Waals surface area contributed by atoms with E-state index in [4.69, 9.17) is 0 Å². The number of benzene rings is 1. The number of unbranched alkanes of at least 4 members (excludes halogenated alkanes) is 1. The summed E-state index contributed by atoms with van der Waals surface area (Å²) in [5.41, 5.74) is 2.17. The van der Waals surface area contributed by atoms with Crippen LogP contribution in [0.4, 0.5) is 0 Å². The lowest BCUT2D eigenvalue weighted by Gasteiger charge is -2.31. The maximum Gasteiger partial charge on any atom is 0.168 e. The number of hydrogen-bond acceptors (Lipinski definition) is 3. The molecule has 1 aliphatic carbocycles. The van der Waals surface area contributed by atoms with Gasteiger partial charge in [0.2, 0.25) is 0 Å². The quantitative estimate of drug-likeness (QED) is 0.488. The van der Waals surface area contributed by atoms with Crippen molar-refractivity contribution in [1.82, 2.24) is 0 Å². The topological polar surface area (TPSA) is 49.7 Å². The first kappa shape index (κ1) is 17.5. The zero-order chi connectivity index (χ0) is 16.9. The fourth-order valence-electron chi connectivity index (χ4n) is 3.00. The van der Waals surface area contributed by atoms with Crippen LogP contribution in [0.3, 0.4) is 0 Å². The van der Waals surface area contributed by atoms with E-state index in [1.807, 2.05) is 30.3 Å². The Morgan fingerprint density at radius 3 is 2.57 bits per heavy atom. The van der Waals surface area contributed by atoms with E-state index in [9.17, 15) is 9.90 Å². The molecular formula is C20H27NO2. The summed E-state index contributed by atoms with van der Waals surface area (Å²) in [5.74, 6) is 0.178. The van der Waals surface area contributed by atoms with Crippen LogP contribution in [-0.4, -0.2) is 23.1 Å². The summed E-state index contributed by atoms with van der Waals surface area (Å²) in [5, 5.41) is 10.6. The van der Waals surface area contributed by atoms with Crippen LogP contribution in [0.2, 0.25) is 0 Å². The van der Waals surface area contributed by atoms with E-state index >= 15 is 0 Å². The number of ketones is 1. The molecule has 1 aromatic rings. The van der Waals surface area contributed by atoms with Crippen molar-refractivity contribution in [1.29, 1.82) is 0 Å². The zero-order valence-electron chi connectivity index (χ0n) is 14.4. The standard InChI is InChI=1S/C20H27NO2/c1-4-5-11-21-16-13-20(2,3)14-18(23)19(16)17(22)12-15-9-7-6-8-10-15/h6-10,22H,4-5,11-14H2,1-3H3. The molecule has 0 heterocycles. The van der Waals surface area contributed by atoms with Crippen molar-refractivity contribution in [3.05, 3.63) is 47.2 Å². The lowest BCUT2D eigenvalue weighted by atomic mass is 9.73. The molecule has 1 fully saturated rings. The maximum absolute atomic E-state index is 12.6. The highest BCUT2D eigenvalue weighted by Gasteiger charge is 2.36. The first-order chi connectivity index (χ1) is 10.9. The molecule has 0 aromatic heterocycles. The van der Waals surface area contributed by atoms with Crippen molar-refractivity contribution < 1.29 is 9.90 Å². The molecule has 0 unspecified atom stereocenters. The van der Waals surface area contributed by atoms with Crippen LogP contribution in [0.5, 0.6) is 0 Å². The first-order valence-corrected chi connectivity index (χ1v) is 8.46. The summed E-state index contributed by atoms with van der Waals surface area (Å²) < 4.78 is 0. The molecule has 0 atom stereocenters. The normalized spacial score (nSPS) is 21.5. The number of nitrogens with zero attached hydrogens (tertiary/aromatic N) is 1. The number of allylic oxidation sites excluding steroid dienone is 2. The Kier molecular flexibility index (Phi) is 5.75. The van der Waals surface area contributed by atoms with E-state index < -0.39 is 0 Å². The SMILES string of the molecule is CCCCN=C1CC(C)(C)CC(=O)C1=C(O)Cc1ccccc1. The zero-order valence-corrected chi connectivity index (χ0v) is 14.4. The molecule has 3 nitrogen and oxygen atoms in total. The molecule has 0 radical (unpaired) electrons. The van der Waals surface area contributed by atoms with Crippen molar-refractivity contribution >= 4 is 11.5 Å². The molecule has 124 valence electrons. The second-order valence-corrected chi connectivity index (χ2v) is 7.11. The molecule has 0 spiro atoms. The number of hydrogen-bond donors (Lipinski definition) is 1. The van der Waals surface area contributed by atoms with Crippen LogP contribution >= 0.6 is 0 Å². The summed E-state index contributed by atoms with van der Waals surface area (Å²) in [6.07, 6.45) is 3.67. The second kappa shape index (κ2) is 7.58. The molecule has 0 bridgehead atoms. The van der Waals surface area contributed by atoms with Crippen molar-refractivity contribution in [2.45, 2.75) is 52.9 Å². The summed E-state index contributed by atoms with van der Waals surface area (Å²) in [6.45, 7) is 7.02. The molecule has 0 aliphatic heterocycles. The second-order valence-electron chi connectivity index (χ2n) is 7.11. The Balaban J connectivity index is 2.32. The number of carbonyl (C=O) groups excluding carboxylic acids is 1. The largest absolute Gasteiger partial charge is 0.511 e. The van der Waals surface area contributed by atoms with Gasteiger partial charge < -0.3 is 5.11 Å². The molecule has 1 aromatic carbocycles.